The second kappa shape index (κ2) is 5.09. The van der Waals surface area contributed by atoms with Gasteiger partial charge in [0.25, 0.3) is 0 Å². The van der Waals surface area contributed by atoms with Crippen molar-refractivity contribution < 1.29 is 9.90 Å². The summed E-state index contributed by atoms with van der Waals surface area (Å²) < 4.78 is 0. The van der Waals surface area contributed by atoms with Crippen molar-refractivity contribution in [2.45, 2.75) is 32.2 Å². The van der Waals surface area contributed by atoms with Crippen molar-refractivity contribution in [1.82, 2.24) is 9.88 Å². The number of hydrogen-bond donors (Lipinski definition) is 1. The van der Waals surface area contributed by atoms with E-state index in [1.54, 1.807) is 0 Å². The van der Waals surface area contributed by atoms with E-state index in [-0.39, 0.29) is 0 Å². The Bertz CT molecular complexity index is 488. The molecule has 1 unspecified atom stereocenters. The van der Waals surface area contributed by atoms with Gasteiger partial charge in [0.05, 0.1) is 5.69 Å². The first kappa shape index (κ1) is 12.9. The van der Waals surface area contributed by atoms with Crippen LogP contribution in [0.2, 0.25) is 0 Å². The number of fused-ring (bicyclic) bond motifs is 1. The van der Waals surface area contributed by atoms with E-state index in [1.807, 2.05) is 6.92 Å². The van der Waals surface area contributed by atoms with E-state index < -0.39 is 5.97 Å². The number of anilines is 1. The molecule has 104 valence electrons. The number of hydrogen-bond acceptors (Lipinski definition) is 5. The molecule has 0 radical (unpaired) electrons. The van der Waals surface area contributed by atoms with Crippen LogP contribution in [-0.2, 0) is 6.42 Å². The van der Waals surface area contributed by atoms with Gasteiger partial charge in [-0.15, -0.1) is 0 Å². The molecule has 0 saturated carbocycles. The summed E-state index contributed by atoms with van der Waals surface area (Å²) in [4.78, 5) is 21.0. The van der Waals surface area contributed by atoms with Gasteiger partial charge >= 0.3 is 5.97 Å². The Hall–Kier alpha value is -1.14. The minimum Gasteiger partial charge on any atom is -0.477 e. The van der Waals surface area contributed by atoms with Gasteiger partial charge in [-0.1, -0.05) is 18.3 Å². The molecule has 0 spiro atoms. The van der Waals surface area contributed by atoms with E-state index in [2.05, 4.69) is 14.8 Å². The lowest BCUT2D eigenvalue weighted by atomic mass is 10.2. The molecule has 6 heteroatoms. The van der Waals surface area contributed by atoms with Crippen LogP contribution in [-0.4, -0.2) is 53.2 Å². The third-order valence-electron chi connectivity index (χ3n) is 4.07. The summed E-state index contributed by atoms with van der Waals surface area (Å²) >= 11 is 1.33. The quantitative estimate of drug-likeness (QED) is 0.913. The second-order valence-electron chi connectivity index (χ2n) is 5.21. The average molecular weight is 281 g/mol. The molecule has 0 aliphatic carbocycles. The fourth-order valence-corrected chi connectivity index (χ4v) is 4.07. The summed E-state index contributed by atoms with van der Waals surface area (Å²) in [6, 6.07) is 0.635. The van der Waals surface area contributed by atoms with E-state index in [9.17, 15) is 9.90 Å². The minimum atomic E-state index is -0.847. The van der Waals surface area contributed by atoms with Crippen LogP contribution in [0.1, 0.15) is 35.1 Å². The molecule has 19 heavy (non-hydrogen) atoms. The molecule has 1 aromatic rings. The summed E-state index contributed by atoms with van der Waals surface area (Å²) in [5.41, 5.74) is 0.723. The number of thiazole rings is 1. The molecular formula is C13H19N3O2S. The highest BCUT2D eigenvalue weighted by Crippen LogP contribution is 2.30. The summed E-state index contributed by atoms with van der Waals surface area (Å²) in [6.07, 6.45) is 3.23. The predicted octanol–water partition coefficient (Wildman–Crippen LogP) is 1.69. The zero-order valence-corrected chi connectivity index (χ0v) is 11.9. The van der Waals surface area contributed by atoms with Crippen LogP contribution in [0.4, 0.5) is 5.13 Å². The van der Waals surface area contributed by atoms with Gasteiger partial charge in [0.1, 0.15) is 4.88 Å². The number of piperazine rings is 1. The lowest BCUT2D eigenvalue weighted by Gasteiger charge is -2.37. The number of aryl methyl sites for hydroxylation is 1. The minimum absolute atomic E-state index is 0.409. The van der Waals surface area contributed by atoms with E-state index in [0.29, 0.717) is 17.3 Å². The summed E-state index contributed by atoms with van der Waals surface area (Å²) in [6.45, 7) is 6.22. The number of carboxylic acids is 1. The number of rotatable bonds is 3. The molecule has 2 fully saturated rings. The van der Waals surface area contributed by atoms with Crippen molar-refractivity contribution >= 4 is 22.4 Å². The highest BCUT2D eigenvalue weighted by atomic mass is 32.1. The molecule has 1 atom stereocenters. The summed E-state index contributed by atoms with van der Waals surface area (Å²) in [5, 5.41) is 10.1. The fourth-order valence-electron chi connectivity index (χ4n) is 3.05. The molecule has 3 heterocycles. The molecule has 0 aromatic carbocycles. The fraction of sp³-hybridized carbons (Fsp3) is 0.692. The Balaban J connectivity index is 1.80. The third-order valence-corrected chi connectivity index (χ3v) is 5.22. The molecule has 5 nitrogen and oxygen atoms in total. The van der Waals surface area contributed by atoms with Gasteiger partial charge in [-0.05, 0) is 25.8 Å². The van der Waals surface area contributed by atoms with Crippen LogP contribution in [0.15, 0.2) is 0 Å². The zero-order chi connectivity index (χ0) is 13.4. The third kappa shape index (κ3) is 2.34. The predicted molar refractivity (Wildman–Crippen MR) is 75.3 cm³/mol. The lowest BCUT2D eigenvalue weighted by molar-refractivity contribution is 0.0701. The normalized spacial score (nSPS) is 23.6. The second-order valence-corrected chi connectivity index (χ2v) is 6.19. The monoisotopic (exact) mass is 281 g/mol. The maximum Gasteiger partial charge on any atom is 0.347 e. The number of aromatic carboxylic acids is 1. The number of nitrogens with zero attached hydrogens (tertiary/aromatic N) is 3. The van der Waals surface area contributed by atoms with E-state index in [1.165, 1.54) is 30.7 Å². The Kier molecular flexibility index (Phi) is 3.45. The maximum absolute atomic E-state index is 11.2. The molecule has 3 rings (SSSR count). The Morgan fingerprint density at radius 2 is 2.32 bits per heavy atom. The number of carbonyl (C=O) groups is 1. The molecule has 2 aliphatic rings. The highest BCUT2D eigenvalue weighted by Gasteiger charge is 2.32. The van der Waals surface area contributed by atoms with Crippen molar-refractivity contribution in [3.63, 3.8) is 0 Å². The van der Waals surface area contributed by atoms with Crippen LogP contribution in [0.5, 0.6) is 0 Å². The van der Waals surface area contributed by atoms with Crippen molar-refractivity contribution in [2.75, 3.05) is 31.1 Å². The summed E-state index contributed by atoms with van der Waals surface area (Å²) in [7, 11) is 0. The number of carboxylic acid groups (broad SMARTS) is 1. The molecule has 1 N–H and O–H groups in total. The van der Waals surface area contributed by atoms with Crippen molar-refractivity contribution in [3.05, 3.63) is 10.6 Å². The van der Waals surface area contributed by atoms with E-state index in [0.717, 1.165) is 30.5 Å². The largest absolute Gasteiger partial charge is 0.477 e. The zero-order valence-electron chi connectivity index (χ0n) is 11.1. The first-order chi connectivity index (χ1) is 9.19. The van der Waals surface area contributed by atoms with Gasteiger partial charge in [-0.25, -0.2) is 9.78 Å². The van der Waals surface area contributed by atoms with E-state index >= 15 is 0 Å². The molecule has 2 saturated heterocycles. The molecule has 0 amide bonds. The molecule has 1 aromatic heterocycles. The first-order valence-corrected chi connectivity index (χ1v) is 7.72. The van der Waals surface area contributed by atoms with Gasteiger partial charge in [-0.2, -0.15) is 0 Å². The molecule has 2 aliphatic heterocycles. The summed E-state index contributed by atoms with van der Waals surface area (Å²) in [5.74, 6) is -0.847. The Labute approximate surface area is 116 Å². The SMILES string of the molecule is CCc1nc(N2CCN3CCCC3C2)sc1C(=O)O. The van der Waals surface area contributed by atoms with Crippen molar-refractivity contribution in [1.29, 1.82) is 0 Å². The standard InChI is InChI=1S/C13H19N3O2S/c1-2-10-11(12(17)18)19-13(14-10)16-7-6-15-5-3-4-9(15)8-16/h9H,2-8H2,1H3,(H,17,18). The van der Waals surface area contributed by atoms with Crippen molar-refractivity contribution in [2.24, 2.45) is 0 Å². The van der Waals surface area contributed by atoms with Crippen molar-refractivity contribution in [3.8, 4) is 0 Å². The van der Waals surface area contributed by atoms with Gasteiger partial charge < -0.3 is 10.0 Å². The lowest BCUT2D eigenvalue weighted by Crippen LogP contribution is -2.50. The Morgan fingerprint density at radius 1 is 1.47 bits per heavy atom. The van der Waals surface area contributed by atoms with Crippen LogP contribution in [0, 0.1) is 0 Å². The molecular weight excluding hydrogens is 262 g/mol. The van der Waals surface area contributed by atoms with Crippen LogP contribution >= 0.6 is 11.3 Å². The van der Waals surface area contributed by atoms with E-state index in [4.69, 9.17) is 0 Å². The average Bonchev–Trinajstić information content (AvgIpc) is 3.04. The highest BCUT2D eigenvalue weighted by molar-refractivity contribution is 7.17. The topological polar surface area (TPSA) is 56.7 Å². The van der Waals surface area contributed by atoms with Crippen LogP contribution in [0.25, 0.3) is 0 Å². The maximum atomic E-state index is 11.2. The molecule has 0 bridgehead atoms. The smallest absolute Gasteiger partial charge is 0.347 e. The van der Waals surface area contributed by atoms with Crippen LogP contribution < -0.4 is 4.90 Å². The van der Waals surface area contributed by atoms with Gasteiger partial charge in [0, 0.05) is 25.7 Å². The van der Waals surface area contributed by atoms with Gasteiger partial charge in [-0.3, -0.25) is 4.90 Å². The van der Waals surface area contributed by atoms with Crippen LogP contribution in [0.3, 0.4) is 0 Å². The Morgan fingerprint density at radius 3 is 3.00 bits per heavy atom. The van der Waals surface area contributed by atoms with Gasteiger partial charge in [0.2, 0.25) is 0 Å². The van der Waals surface area contributed by atoms with Gasteiger partial charge in [0.15, 0.2) is 5.13 Å². The first-order valence-electron chi connectivity index (χ1n) is 6.91. The number of aromatic nitrogens is 1.